The van der Waals surface area contributed by atoms with Crippen LogP contribution in [0.3, 0.4) is 0 Å². The molecule has 2 aliphatic heterocycles. The summed E-state index contributed by atoms with van der Waals surface area (Å²) in [5.41, 5.74) is 0.857. The number of rotatable bonds is 27. The van der Waals surface area contributed by atoms with Gasteiger partial charge in [-0.2, -0.15) is 0 Å². The quantitative estimate of drug-likeness (QED) is 0.0566. The molecule has 0 aromatic carbocycles. The summed E-state index contributed by atoms with van der Waals surface area (Å²) in [5, 5.41) is 21.2. The Morgan fingerprint density at radius 2 is 1.21 bits per heavy atom. The number of ether oxygens (including phenoxy) is 2. The van der Waals surface area contributed by atoms with Crippen LogP contribution in [0.4, 0.5) is 0 Å². The van der Waals surface area contributed by atoms with E-state index in [1.807, 2.05) is 13.0 Å². The Morgan fingerprint density at radius 3 is 1.79 bits per heavy atom. The molecule has 2 aliphatic rings. The number of esters is 1. The monoisotopic (exact) mass is 590 g/mol. The maximum atomic E-state index is 11.6. The van der Waals surface area contributed by atoms with Crippen LogP contribution in [0.2, 0.25) is 0 Å². The van der Waals surface area contributed by atoms with Crippen LogP contribution >= 0.6 is 0 Å². The molecule has 5 atom stereocenters. The molecule has 0 spiro atoms. The molecular formula is C37H66O5. The van der Waals surface area contributed by atoms with Crippen LogP contribution in [0.25, 0.3) is 0 Å². The number of aliphatic hydroxyl groups is 2. The van der Waals surface area contributed by atoms with Crippen molar-refractivity contribution in [2.75, 3.05) is 0 Å². The Morgan fingerprint density at radius 1 is 0.714 bits per heavy atom. The number of allylic oxidation sites excluding steroid dienone is 2. The van der Waals surface area contributed by atoms with Gasteiger partial charge in [-0.15, -0.1) is 0 Å². The minimum absolute atomic E-state index is 0.0550. The van der Waals surface area contributed by atoms with E-state index in [1.54, 1.807) is 0 Å². The summed E-state index contributed by atoms with van der Waals surface area (Å²) in [6, 6.07) is 0. The van der Waals surface area contributed by atoms with Crippen LogP contribution in [0.1, 0.15) is 174 Å². The molecule has 244 valence electrons. The van der Waals surface area contributed by atoms with Gasteiger partial charge in [-0.3, -0.25) is 0 Å². The maximum Gasteiger partial charge on any atom is 0.334 e. The second kappa shape index (κ2) is 24.2. The van der Waals surface area contributed by atoms with Crippen LogP contribution in [0, 0.1) is 0 Å². The van der Waals surface area contributed by atoms with Gasteiger partial charge in [0.15, 0.2) is 0 Å². The highest BCUT2D eigenvalue weighted by molar-refractivity contribution is 5.90. The van der Waals surface area contributed by atoms with E-state index in [0.29, 0.717) is 0 Å². The Balaban J connectivity index is 1.37. The molecule has 2 rings (SSSR count). The van der Waals surface area contributed by atoms with Gasteiger partial charge in [-0.25, -0.2) is 4.79 Å². The second-order valence-electron chi connectivity index (χ2n) is 13.1. The molecule has 5 nitrogen and oxygen atoms in total. The van der Waals surface area contributed by atoms with Crippen molar-refractivity contribution in [2.45, 2.75) is 205 Å². The third-order valence-corrected chi connectivity index (χ3v) is 9.15. The highest BCUT2D eigenvalue weighted by Gasteiger charge is 2.33. The fraction of sp³-hybridized carbons (Fsp3) is 0.865. The lowest BCUT2D eigenvalue weighted by atomic mass is 10.0. The Hall–Kier alpha value is -1.17. The molecule has 42 heavy (non-hydrogen) atoms. The highest BCUT2D eigenvalue weighted by atomic mass is 16.5. The lowest BCUT2D eigenvalue weighted by molar-refractivity contribution is -0.139. The molecular weight excluding hydrogens is 524 g/mol. The van der Waals surface area contributed by atoms with E-state index in [1.165, 1.54) is 96.3 Å². The van der Waals surface area contributed by atoms with Crippen LogP contribution in [-0.4, -0.2) is 46.7 Å². The van der Waals surface area contributed by atoms with Crippen molar-refractivity contribution in [3.05, 3.63) is 23.8 Å². The predicted molar refractivity (Wildman–Crippen MR) is 175 cm³/mol. The van der Waals surface area contributed by atoms with Crippen LogP contribution in [-0.2, 0) is 14.3 Å². The summed E-state index contributed by atoms with van der Waals surface area (Å²) in [6.45, 7) is 4.18. The largest absolute Gasteiger partial charge is 0.455 e. The summed E-state index contributed by atoms with van der Waals surface area (Å²) in [4.78, 5) is 11.6. The van der Waals surface area contributed by atoms with E-state index in [2.05, 4.69) is 19.1 Å². The number of aliphatic hydroxyl groups excluding tert-OH is 2. The van der Waals surface area contributed by atoms with Crippen molar-refractivity contribution in [3.8, 4) is 0 Å². The molecule has 0 radical (unpaired) electrons. The first-order chi connectivity index (χ1) is 20.5. The van der Waals surface area contributed by atoms with E-state index < -0.39 is 12.2 Å². The number of carbonyl (C=O) groups is 1. The molecule has 0 bridgehead atoms. The fourth-order valence-corrected chi connectivity index (χ4v) is 6.42. The Kier molecular flexibility index (Phi) is 21.3. The number of unbranched alkanes of at least 4 members (excludes halogenated alkanes) is 17. The third-order valence-electron chi connectivity index (χ3n) is 9.15. The molecule has 0 saturated carbocycles. The fourth-order valence-electron chi connectivity index (χ4n) is 6.42. The van der Waals surface area contributed by atoms with Crippen LogP contribution < -0.4 is 0 Å². The molecule has 1 saturated heterocycles. The molecule has 0 amide bonds. The zero-order valence-electron chi connectivity index (χ0n) is 27.4. The summed E-state index contributed by atoms with van der Waals surface area (Å²) < 4.78 is 11.2. The maximum absolute atomic E-state index is 11.6. The summed E-state index contributed by atoms with van der Waals surface area (Å²) >= 11 is 0. The van der Waals surface area contributed by atoms with E-state index in [0.717, 1.165) is 69.8 Å². The Labute approximate surface area is 258 Å². The van der Waals surface area contributed by atoms with Crippen LogP contribution in [0.5, 0.6) is 0 Å². The SMILES string of the molecule is CCCCCCCCCCCCC=CCCC(O)C1CCC(C(O)CCCCCCCCCCC2=CC(C)OC2=O)O1. The topological polar surface area (TPSA) is 76.0 Å². The van der Waals surface area contributed by atoms with Gasteiger partial charge >= 0.3 is 5.97 Å². The molecule has 1 fully saturated rings. The Bertz CT molecular complexity index is 732. The molecule has 0 aromatic rings. The first-order valence-corrected chi connectivity index (χ1v) is 18.1. The van der Waals surface area contributed by atoms with Crippen molar-refractivity contribution in [3.63, 3.8) is 0 Å². The van der Waals surface area contributed by atoms with Crippen LogP contribution in [0.15, 0.2) is 23.8 Å². The summed E-state index contributed by atoms with van der Waals surface area (Å²) in [5.74, 6) is -0.128. The minimum Gasteiger partial charge on any atom is -0.455 e. The van der Waals surface area contributed by atoms with Gasteiger partial charge in [-0.1, -0.05) is 122 Å². The molecule has 2 heterocycles. The normalized spacial score (nSPS) is 22.1. The van der Waals surface area contributed by atoms with Crippen molar-refractivity contribution in [1.82, 2.24) is 0 Å². The first kappa shape index (κ1) is 37.0. The number of hydrogen-bond donors (Lipinski definition) is 2. The van der Waals surface area contributed by atoms with Crippen molar-refractivity contribution in [1.29, 1.82) is 0 Å². The lowest BCUT2D eigenvalue weighted by Gasteiger charge is -2.22. The van der Waals surface area contributed by atoms with E-state index in [9.17, 15) is 15.0 Å². The average molecular weight is 591 g/mol. The standard InChI is InChI=1S/C37H66O5/c1-3-4-5-6-7-8-9-10-11-12-13-17-20-23-26-33(38)35-28-29-36(42-35)34(39)27-24-21-18-15-14-16-19-22-25-32-30-31(2)41-37(32)40/h17,20,30-31,33-36,38-39H,3-16,18-19,21-29H2,1-2H3. The summed E-state index contributed by atoms with van der Waals surface area (Å²) in [7, 11) is 0. The first-order valence-electron chi connectivity index (χ1n) is 18.1. The predicted octanol–water partition coefficient (Wildman–Crippen LogP) is 9.68. The minimum atomic E-state index is -0.434. The number of carbonyl (C=O) groups excluding carboxylic acids is 1. The van der Waals surface area contributed by atoms with Gasteiger partial charge in [0.25, 0.3) is 0 Å². The van der Waals surface area contributed by atoms with E-state index >= 15 is 0 Å². The van der Waals surface area contributed by atoms with Crippen molar-refractivity contribution < 1.29 is 24.5 Å². The van der Waals surface area contributed by atoms with E-state index in [4.69, 9.17) is 9.47 Å². The van der Waals surface area contributed by atoms with E-state index in [-0.39, 0.29) is 24.3 Å². The number of cyclic esters (lactones) is 1. The second-order valence-corrected chi connectivity index (χ2v) is 13.1. The van der Waals surface area contributed by atoms with Gasteiger partial charge in [0.05, 0.1) is 24.4 Å². The van der Waals surface area contributed by atoms with Crippen molar-refractivity contribution >= 4 is 5.97 Å². The molecule has 0 aromatic heterocycles. The van der Waals surface area contributed by atoms with Crippen molar-refractivity contribution in [2.24, 2.45) is 0 Å². The van der Waals surface area contributed by atoms with Gasteiger partial charge < -0.3 is 19.7 Å². The third kappa shape index (κ3) is 17.2. The summed E-state index contributed by atoms with van der Waals surface area (Å²) in [6.07, 6.45) is 34.5. The average Bonchev–Trinajstić information content (AvgIpc) is 3.60. The zero-order valence-corrected chi connectivity index (χ0v) is 27.4. The molecule has 5 heteroatoms. The highest BCUT2D eigenvalue weighted by Crippen LogP contribution is 2.28. The molecule has 0 aliphatic carbocycles. The zero-order chi connectivity index (χ0) is 30.3. The lowest BCUT2D eigenvalue weighted by Crippen LogP contribution is -2.30. The van der Waals surface area contributed by atoms with Gasteiger partial charge in [0.2, 0.25) is 0 Å². The van der Waals surface area contributed by atoms with Gasteiger partial charge in [-0.05, 0) is 70.8 Å². The number of hydrogen-bond acceptors (Lipinski definition) is 5. The van der Waals surface area contributed by atoms with Gasteiger partial charge in [0.1, 0.15) is 6.10 Å². The molecule has 5 unspecified atom stereocenters. The smallest absolute Gasteiger partial charge is 0.334 e. The molecule has 2 N–H and O–H groups in total. The van der Waals surface area contributed by atoms with Gasteiger partial charge in [0, 0.05) is 5.57 Å².